The standard InChI is InChI=1S/C23H20N4O3/c1-15(17-7-8-20-21(13-17)30-12-11-29-20)26-23(28)18-14-25-27-19(9-10-24-22(18)27)16-5-3-2-4-6-16/h2-10,13-15H,11-12H2,1H3,(H,26,28). The minimum absolute atomic E-state index is 0.222. The molecule has 7 nitrogen and oxygen atoms in total. The van der Waals surface area contributed by atoms with Gasteiger partial charge in [-0.05, 0) is 30.7 Å². The molecule has 1 N–H and O–H groups in total. The second-order valence-corrected chi connectivity index (χ2v) is 7.09. The first kappa shape index (κ1) is 18.2. The van der Waals surface area contributed by atoms with Gasteiger partial charge < -0.3 is 14.8 Å². The second-order valence-electron chi connectivity index (χ2n) is 7.09. The van der Waals surface area contributed by atoms with Crippen LogP contribution in [0.4, 0.5) is 0 Å². The number of carbonyl (C=O) groups excluding carboxylic acids is 1. The molecule has 4 aromatic rings. The predicted molar refractivity (Wildman–Crippen MR) is 112 cm³/mol. The molecule has 5 rings (SSSR count). The Balaban J connectivity index is 1.41. The molecule has 2 aromatic carbocycles. The van der Waals surface area contributed by atoms with E-state index >= 15 is 0 Å². The molecule has 30 heavy (non-hydrogen) atoms. The molecule has 7 heteroatoms. The van der Waals surface area contributed by atoms with Crippen LogP contribution in [0.1, 0.15) is 28.9 Å². The fourth-order valence-electron chi connectivity index (χ4n) is 3.57. The number of carbonyl (C=O) groups is 1. The van der Waals surface area contributed by atoms with Crippen molar-refractivity contribution in [1.29, 1.82) is 0 Å². The molecule has 3 heterocycles. The molecule has 1 atom stereocenters. The lowest BCUT2D eigenvalue weighted by atomic mass is 10.1. The number of hydrogen-bond donors (Lipinski definition) is 1. The van der Waals surface area contributed by atoms with Crippen molar-refractivity contribution in [2.24, 2.45) is 0 Å². The minimum Gasteiger partial charge on any atom is -0.486 e. The summed E-state index contributed by atoms with van der Waals surface area (Å²) in [5, 5.41) is 7.44. The van der Waals surface area contributed by atoms with Crippen molar-refractivity contribution in [1.82, 2.24) is 19.9 Å². The van der Waals surface area contributed by atoms with E-state index in [4.69, 9.17) is 9.47 Å². The minimum atomic E-state index is -0.231. The molecule has 2 aromatic heterocycles. The highest BCUT2D eigenvalue weighted by Gasteiger charge is 2.20. The Bertz CT molecular complexity index is 1220. The van der Waals surface area contributed by atoms with Crippen LogP contribution in [-0.2, 0) is 0 Å². The molecule has 1 aliphatic rings. The Labute approximate surface area is 173 Å². The van der Waals surface area contributed by atoms with Gasteiger partial charge in [0.2, 0.25) is 0 Å². The summed E-state index contributed by atoms with van der Waals surface area (Å²) in [7, 11) is 0. The van der Waals surface area contributed by atoms with E-state index < -0.39 is 0 Å². The van der Waals surface area contributed by atoms with Crippen molar-refractivity contribution in [2.45, 2.75) is 13.0 Å². The third-order valence-corrected chi connectivity index (χ3v) is 5.13. The van der Waals surface area contributed by atoms with Crippen LogP contribution < -0.4 is 14.8 Å². The van der Waals surface area contributed by atoms with E-state index in [9.17, 15) is 4.79 Å². The molecule has 150 valence electrons. The SMILES string of the molecule is CC(NC(=O)c1cnn2c(-c3ccccc3)ccnc12)c1ccc2c(c1)OCCO2. The zero-order valence-corrected chi connectivity index (χ0v) is 16.4. The smallest absolute Gasteiger partial charge is 0.257 e. The first-order valence-corrected chi connectivity index (χ1v) is 9.79. The van der Waals surface area contributed by atoms with Gasteiger partial charge in [0.1, 0.15) is 18.8 Å². The number of nitrogens with one attached hydrogen (secondary N) is 1. The number of nitrogens with zero attached hydrogens (tertiary/aromatic N) is 3. The lowest BCUT2D eigenvalue weighted by molar-refractivity contribution is 0.0941. The molecule has 0 saturated carbocycles. The Hall–Kier alpha value is -3.87. The maximum atomic E-state index is 13.0. The summed E-state index contributed by atoms with van der Waals surface area (Å²) in [5.74, 6) is 1.19. The van der Waals surface area contributed by atoms with Crippen LogP contribution >= 0.6 is 0 Å². The molecule has 1 unspecified atom stereocenters. The summed E-state index contributed by atoms with van der Waals surface area (Å²) in [6, 6.07) is 17.3. The van der Waals surface area contributed by atoms with Gasteiger partial charge in [-0.3, -0.25) is 4.79 Å². The van der Waals surface area contributed by atoms with Crippen molar-refractivity contribution in [3.8, 4) is 22.8 Å². The zero-order valence-electron chi connectivity index (χ0n) is 16.4. The predicted octanol–water partition coefficient (Wildman–Crippen LogP) is 3.66. The summed E-state index contributed by atoms with van der Waals surface area (Å²) in [4.78, 5) is 17.4. The van der Waals surface area contributed by atoms with E-state index in [1.54, 1.807) is 16.9 Å². The molecule has 0 spiro atoms. The van der Waals surface area contributed by atoms with Gasteiger partial charge in [-0.15, -0.1) is 0 Å². The number of hydrogen-bond acceptors (Lipinski definition) is 5. The fourth-order valence-corrected chi connectivity index (χ4v) is 3.57. The third kappa shape index (κ3) is 3.24. The highest BCUT2D eigenvalue weighted by molar-refractivity contribution is 6.00. The summed E-state index contributed by atoms with van der Waals surface area (Å²) in [6.07, 6.45) is 3.25. The number of fused-ring (bicyclic) bond motifs is 2. The number of ether oxygens (including phenoxy) is 2. The van der Waals surface area contributed by atoms with Gasteiger partial charge in [0.15, 0.2) is 17.1 Å². The van der Waals surface area contributed by atoms with E-state index in [0.29, 0.717) is 30.2 Å². The molecular formula is C23H20N4O3. The summed E-state index contributed by atoms with van der Waals surface area (Å²) in [5.41, 5.74) is 3.76. The highest BCUT2D eigenvalue weighted by Crippen LogP contribution is 2.32. The number of rotatable bonds is 4. The molecule has 0 saturated heterocycles. The number of amides is 1. The van der Waals surface area contributed by atoms with Crippen molar-refractivity contribution in [3.05, 3.63) is 78.1 Å². The molecule has 0 bridgehead atoms. The second kappa shape index (κ2) is 7.51. The fraction of sp³-hybridized carbons (Fsp3) is 0.174. The first-order chi connectivity index (χ1) is 14.7. The molecule has 0 fully saturated rings. The topological polar surface area (TPSA) is 77.8 Å². The van der Waals surface area contributed by atoms with Crippen LogP contribution in [0.5, 0.6) is 11.5 Å². The van der Waals surface area contributed by atoms with Crippen LogP contribution in [0.3, 0.4) is 0 Å². The molecule has 0 aliphatic carbocycles. The largest absolute Gasteiger partial charge is 0.486 e. The monoisotopic (exact) mass is 400 g/mol. The lowest BCUT2D eigenvalue weighted by Gasteiger charge is -2.21. The third-order valence-electron chi connectivity index (χ3n) is 5.13. The Morgan fingerprint density at radius 3 is 2.70 bits per heavy atom. The van der Waals surface area contributed by atoms with Crippen LogP contribution in [0.15, 0.2) is 67.0 Å². The molecular weight excluding hydrogens is 380 g/mol. The molecule has 0 radical (unpaired) electrons. The van der Waals surface area contributed by atoms with E-state index in [0.717, 1.165) is 22.6 Å². The summed E-state index contributed by atoms with van der Waals surface area (Å²) < 4.78 is 12.9. The number of aromatic nitrogens is 3. The van der Waals surface area contributed by atoms with E-state index in [1.807, 2.05) is 61.5 Å². The van der Waals surface area contributed by atoms with Crippen molar-refractivity contribution < 1.29 is 14.3 Å². The van der Waals surface area contributed by atoms with Crippen molar-refractivity contribution in [3.63, 3.8) is 0 Å². The maximum Gasteiger partial charge on any atom is 0.257 e. The maximum absolute atomic E-state index is 13.0. The van der Waals surface area contributed by atoms with Crippen LogP contribution in [0.2, 0.25) is 0 Å². The zero-order chi connectivity index (χ0) is 20.5. The van der Waals surface area contributed by atoms with E-state index in [2.05, 4.69) is 15.4 Å². The highest BCUT2D eigenvalue weighted by atomic mass is 16.6. The van der Waals surface area contributed by atoms with Crippen molar-refractivity contribution in [2.75, 3.05) is 13.2 Å². The van der Waals surface area contributed by atoms with Crippen molar-refractivity contribution >= 4 is 11.6 Å². The molecule has 1 aliphatic heterocycles. The van der Waals surface area contributed by atoms with Gasteiger partial charge >= 0.3 is 0 Å². The Morgan fingerprint density at radius 1 is 1.07 bits per heavy atom. The quantitative estimate of drug-likeness (QED) is 0.566. The first-order valence-electron chi connectivity index (χ1n) is 9.79. The van der Waals surface area contributed by atoms with E-state index in [-0.39, 0.29) is 11.9 Å². The summed E-state index contributed by atoms with van der Waals surface area (Å²) in [6.45, 7) is 3.00. The van der Waals surface area contributed by atoms with Crippen LogP contribution in [0, 0.1) is 0 Å². The van der Waals surface area contributed by atoms with Crippen LogP contribution in [0.25, 0.3) is 16.9 Å². The average Bonchev–Trinajstić information content (AvgIpc) is 3.24. The normalized spacial score (nSPS) is 13.8. The van der Waals surface area contributed by atoms with E-state index in [1.165, 1.54) is 0 Å². The summed E-state index contributed by atoms with van der Waals surface area (Å²) >= 11 is 0. The Morgan fingerprint density at radius 2 is 1.87 bits per heavy atom. The van der Waals surface area contributed by atoms with Gasteiger partial charge in [-0.1, -0.05) is 36.4 Å². The van der Waals surface area contributed by atoms with Crippen LogP contribution in [-0.4, -0.2) is 33.7 Å². The average molecular weight is 400 g/mol. The lowest BCUT2D eigenvalue weighted by Crippen LogP contribution is -2.27. The van der Waals surface area contributed by atoms with Gasteiger partial charge in [0.25, 0.3) is 5.91 Å². The van der Waals surface area contributed by atoms with Gasteiger partial charge in [0, 0.05) is 11.8 Å². The Kier molecular flexibility index (Phi) is 4.55. The van der Waals surface area contributed by atoms with Gasteiger partial charge in [-0.25, -0.2) is 9.50 Å². The number of benzene rings is 2. The molecule has 1 amide bonds. The van der Waals surface area contributed by atoms with Gasteiger partial charge in [-0.2, -0.15) is 5.10 Å². The van der Waals surface area contributed by atoms with Gasteiger partial charge in [0.05, 0.1) is 17.9 Å².